The normalized spacial score (nSPS) is 10.7. The van der Waals surface area contributed by atoms with Gasteiger partial charge in [0.05, 0.1) is 11.0 Å². The van der Waals surface area contributed by atoms with Crippen LogP contribution in [0.3, 0.4) is 0 Å². The number of halogens is 2. The van der Waals surface area contributed by atoms with Crippen molar-refractivity contribution in [3.8, 4) is 0 Å². The number of carbonyl (C=O) groups excluding carboxylic acids is 2. The fourth-order valence-electron chi connectivity index (χ4n) is 2.42. The van der Waals surface area contributed by atoms with E-state index in [-0.39, 0.29) is 24.2 Å². The molecule has 0 heterocycles. The second-order valence-corrected chi connectivity index (χ2v) is 6.71. The van der Waals surface area contributed by atoms with Crippen molar-refractivity contribution in [2.75, 3.05) is 23.7 Å². The van der Waals surface area contributed by atoms with Crippen LogP contribution < -0.4 is 10.6 Å². The van der Waals surface area contributed by atoms with Crippen LogP contribution in [0, 0.1) is 5.82 Å². The van der Waals surface area contributed by atoms with E-state index < -0.39 is 0 Å². The van der Waals surface area contributed by atoms with E-state index in [4.69, 9.17) is 0 Å². The zero-order chi connectivity index (χ0) is 19.1. The summed E-state index contributed by atoms with van der Waals surface area (Å²) >= 11 is 3.17. The van der Waals surface area contributed by atoms with Crippen LogP contribution in [0.15, 0.2) is 46.9 Å². The minimum Gasteiger partial charge on any atom is -0.326 e. The molecule has 0 spiro atoms. The van der Waals surface area contributed by atoms with Crippen molar-refractivity contribution in [3.05, 3.63) is 58.3 Å². The summed E-state index contributed by atoms with van der Waals surface area (Å²) in [6.45, 7) is 4.86. The molecule has 0 aliphatic rings. The molecule has 2 aromatic carbocycles. The molecule has 0 saturated carbocycles. The van der Waals surface area contributed by atoms with Gasteiger partial charge in [-0.1, -0.05) is 13.0 Å². The van der Waals surface area contributed by atoms with Gasteiger partial charge in [-0.05, 0) is 64.4 Å². The SMILES string of the molecule is CCN(CC(=O)Nc1ccc(NC(C)=O)cc1)Cc1ccc(F)c(Br)c1. The van der Waals surface area contributed by atoms with E-state index in [2.05, 4.69) is 26.6 Å². The number of likely N-dealkylation sites (N-methyl/N-ethyl adjacent to an activating group) is 1. The van der Waals surface area contributed by atoms with Crippen LogP contribution in [0.4, 0.5) is 15.8 Å². The van der Waals surface area contributed by atoms with Gasteiger partial charge in [0.15, 0.2) is 0 Å². The van der Waals surface area contributed by atoms with Gasteiger partial charge >= 0.3 is 0 Å². The second kappa shape index (κ2) is 9.45. The van der Waals surface area contributed by atoms with E-state index in [0.29, 0.717) is 28.9 Å². The smallest absolute Gasteiger partial charge is 0.238 e. The van der Waals surface area contributed by atoms with Gasteiger partial charge in [-0.15, -0.1) is 0 Å². The third-order valence-electron chi connectivity index (χ3n) is 3.69. The summed E-state index contributed by atoms with van der Waals surface area (Å²) < 4.78 is 13.7. The molecule has 0 radical (unpaired) electrons. The number of hydrogen-bond acceptors (Lipinski definition) is 3. The van der Waals surface area contributed by atoms with Crippen molar-refractivity contribution in [1.29, 1.82) is 0 Å². The van der Waals surface area contributed by atoms with Crippen molar-refractivity contribution in [3.63, 3.8) is 0 Å². The van der Waals surface area contributed by atoms with Crippen molar-refractivity contribution in [2.45, 2.75) is 20.4 Å². The lowest BCUT2D eigenvalue weighted by Gasteiger charge is -2.20. The summed E-state index contributed by atoms with van der Waals surface area (Å²) in [5.74, 6) is -0.592. The molecule has 0 fully saturated rings. The first-order valence-electron chi connectivity index (χ1n) is 8.21. The zero-order valence-electron chi connectivity index (χ0n) is 14.7. The Labute approximate surface area is 160 Å². The van der Waals surface area contributed by atoms with E-state index in [1.165, 1.54) is 13.0 Å². The maximum absolute atomic E-state index is 13.3. The van der Waals surface area contributed by atoms with E-state index in [9.17, 15) is 14.0 Å². The standard InChI is InChI=1S/C19H21BrFN3O2/c1-3-24(11-14-4-9-18(21)17(20)10-14)12-19(26)23-16-7-5-15(6-8-16)22-13(2)25/h4-10H,3,11-12H2,1-2H3,(H,22,25)(H,23,26). The molecule has 7 heteroatoms. The Morgan fingerprint density at radius 2 is 1.69 bits per heavy atom. The lowest BCUT2D eigenvalue weighted by atomic mass is 10.2. The van der Waals surface area contributed by atoms with E-state index in [1.807, 2.05) is 11.8 Å². The molecule has 0 saturated heterocycles. The van der Waals surface area contributed by atoms with Gasteiger partial charge in [0.1, 0.15) is 5.82 Å². The first kappa shape index (κ1) is 20.1. The lowest BCUT2D eigenvalue weighted by molar-refractivity contribution is -0.117. The van der Waals surface area contributed by atoms with Gasteiger partial charge in [0, 0.05) is 24.8 Å². The Hall–Kier alpha value is -2.25. The van der Waals surface area contributed by atoms with Gasteiger partial charge in [-0.3, -0.25) is 14.5 Å². The molecule has 0 aromatic heterocycles. The average molecular weight is 422 g/mol. The van der Waals surface area contributed by atoms with Crippen molar-refractivity contribution in [1.82, 2.24) is 4.90 Å². The van der Waals surface area contributed by atoms with Crippen molar-refractivity contribution >= 4 is 39.1 Å². The fraction of sp³-hybridized carbons (Fsp3) is 0.263. The molecule has 2 rings (SSSR count). The first-order valence-corrected chi connectivity index (χ1v) is 9.00. The number of carbonyl (C=O) groups is 2. The molecule has 0 unspecified atom stereocenters. The Morgan fingerprint density at radius 1 is 1.08 bits per heavy atom. The van der Waals surface area contributed by atoms with Crippen LogP contribution in [0.2, 0.25) is 0 Å². The van der Waals surface area contributed by atoms with Crippen molar-refractivity contribution in [2.24, 2.45) is 0 Å². The Morgan fingerprint density at radius 3 is 2.23 bits per heavy atom. The molecular weight excluding hydrogens is 401 g/mol. The second-order valence-electron chi connectivity index (χ2n) is 5.86. The number of amides is 2. The van der Waals surface area contributed by atoms with Gasteiger partial charge < -0.3 is 10.6 Å². The predicted molar refractivity (Wildman–Crippen MR) is 104 cm³/mol. The predicted octanol–water partition coefficient (Wildman–Crippen LogP) is 4.01. The van der Waals surface area contributed by atoms with Gasteiger partial charge in [0.25, 0.3) is 0 Å². The van der Waals surface area contributed by atoms with Gasteiger partial charge in [-0.2, -0.15) is 0 Å². The highest BCUT2D eigenvalue weighted by molar-refractivity contribution is 9.10. The molecule has 0 bridgehead atoms. The summed E-state index contributed by atoms with van der Waals surface area (Å²) in [5, 5.41) is 5.50. The van der Waals surface area contributed by atoms with Crippen LogP contribution in [0.1, 0.15) is 19.4 Å². The number of hydrogen-bond donors (Lipinski definition) is 2. The highest BCUT2D eigenvalue weighted by Crippen LogP contribution is 2.18. The maximum atomic E-state index is 13.3. The number of anilines is 2. The maximum Gasteiger partial charge on any atom is 0.238 e. The van der Waals surface area contributed by atoms with Gasteiger partial charge in [-0.25, -0.2) is 4.39 Å². The van der Waals surface area contributed by atoms with Crippen LogP contribution in [-0.4, -0.2) is 29.8 Å². The van der Waals surface area contributed by atoms with Crippen LogP contribution >= 0.6 is 15.9 Å². The molecule has 2 aromatic rings. The average Bonchev–Trinajstić information content (AvgIpc) is 2.59. The van der Waals surface area contributed by atoms with E-state index in [0.717, 1.165) is 5.56 Å². The summed E-state index contributed by atoms with van der Waals surface area (Å²) in [6.07, 6.45) is 0. The lowest BCUT2D eigenvalue weighted by Crippen LogP contribution is -2.32. The molecule has 0 aliphatic heterocycles. The Balaban J connectivity index is 1.91. The molecule has 26 heavy (non-hydrogen) atoms. The quantitative estimate of drug-likeness (QED) is 0.709. The molecule has 5 nitrogen and oxygen atoms in total. The van der Waals surface area contributed by atoms with Crippen LogP contribution in [-0.2, 0) is 16.1 Å². The van der Waals surface area contributed by atoms with Crippen LogP contribution in [0.5, 0.6) is 0 Å². The Kier molecular flexibility index (Phi) is 7.29. The zero-order valence-corrected chi connectivity index (χ0v) is 16.3. The molecule has 138 valence electrons. The number of nitrogens with one attached hydrogen (secondary N) is 2. The minimum atomic E-state index is -0.308. The summed E-state index contributed by atoms with van der Waals surface area (Å²) in [6, 6.07) is 11.8. The van der Waals surface area contributed by atoms with E-state index >= 15 is 0 Å². The Bertz CT molecular complexity index is 781. The molecule has 0 atom stereocenters. The molecular formula is C19H21BrFN3O2. The summed E-state index contributed by atoms with van der Waals surface area (Å²) in [4.78, 5) is 25.2. The molecule has 2 N–H and O–H groups in total. The highest BCUT2D eigenvalue weighted by atomic mass is 79.9. The molecule has 0 aliphatic carbocycles. The number of nitrogens with zero attached hydrogens (tertiary/aromatic N) is 1. The monoisotopic (exact) mass is 421 g/mol. The van der Waals surface area contributed by atoms with E-state index in [1.54, 1.807) is 36.4 Å². The summed E-state index contributed by atoms with van der Waals surface area (Å²) in [7, 11) is 0. The van der Waals surface area contributed by atoms with Crippen molar-refractivity contribution < 1.29 is 14.0 Å². The number of rotatable bonds is 7. The summed E-state index contributed by atoms with van der Waals surface area (Å²) in [5.41, 5.74) is 2.25. The highest BCUT2D eigenvalue weighted by Gasteiger charge is 2.11. The molecule has 2 amide bonds. The topological polar surface area (TPSA) is 61.4 Å². The fourth-order valence-corrected chi connectivity index (χ4v) is 2.85. The third kappa shape index (κ3) is 6.24. The third-order valence-corrected chi connectivity index (χ3v) is 4.30. The first-order chi connectivity index (χ1) is 12.4. The minimum absolute atomic E-state index is 0.139. The van der Waals surface area contributed by atoms with Crippen LogP contribution in [0.25, 0.3) is 0 Å². The number of benzene rings is 2. The van der Waals surface area contributed by atoms with Gasteiger partial charge in [0.2, 0.25) is 11.8 Å². The largest absolute Gasteiger partial charge is 0.326 e.